The normalized spacial score (nSPS) is 19.9. The molecule has 86 valence electrons. The second-order valence-electron chi connectivity index (χ2n) is 3.52. The molecule has 16 heavy (non-hydrogen) atoms. The molecule has 1 aliphatic heterocycles. The quantitative estimate of drug-likeness (QED) is 0.838. The van der Waals surface area contributed by atoms with Crippen LogP contribution in [-0.2, 0) is 0 Å². The van der Waals surface area contributed by atoms with Crippen molar-refractivity contribution in [2.75, 3.05) is 19.3 Å². The standard InChI is InChI=1S/C11H13ClN2OS/c1-13-11(15)14-6-7-16-10(14)8-2-4-9(12)5-3-8/h2-5,10H,6-7H2,1H3,(H,13,15)/t10-/m1/s1. The number of benzene rings is 1. The van der Waals surface area contributed by atoms with Crippen molar-refractivity contribution in [2.45, 2.75) is 5.37 Å². The highest BCUT2D eigenvalue weighted by Crippen LogP contribution is 2.37. The number of nitrogens with one attached hydrogen (secondary N) is 1. The Labute approximate surface area is 104 Å². The highest BCUT2D eigenvalue weighted by atomic mass is 35.5. The van der Waals surface area contributed by atoms with Gasteiger partial charge in [-0.2, -0.15) is 0 Å². The third-order valence-electron chi connectivity index (χ3n) is 2.52. The predicted octanol–water partition coefficient (Wildman–Crippen LogP) is 2.73. The number of carbonyl (C=O) groups excluding carboxylic acids is 1. The first kappa shape index (κ1) is 11.6. The van der Waals surface area contributed by atoms with Gasteiger partial charge in [0.2, 0.25) is 0 Å². The van der Waals surface area contributed by atoms with Crippen molar-refractivity contribution in [1.82, 2.24) is 10.2 Å². The minimum absolute atomic E-state index is 0.0232. The van der Waals surface area contributed by atoms with Gasteiger partial charge in [0.25, 0.3) is 0 Å². The number of hydrogen-bond acceptors (Lipinski definition) is 2. The van der Waals surface area contributed by atoms with E-state index in [9.17, 15) is 4.79 Å². The van der Waals surface area contributed by atoms with Gasteiger partial charge in [-0.15, -0.1) is 11.8 Å². The van der Waals surface area contributed by atoms with Gasteiger partial charge >= 0.3 is 6.03 Å². The van der Waals surface area contributed by atoms with E-state index in [0.29, 0.717) is 0 Å². The largest absolute Gasteiger partial charge is 0.341 e. The molecule has 1 heterocycles. The number of hydrogen-bond donors (Lipinski definition) is 1. The summed E-state index contributed by atoms with van der Waals surface area (Å²) in [6.07, 6.45) is 0. The van der Waals surface area contributed by atoms with Gasteiger partial charge in [-0.25, -0.2) is 4.79 Å². The van der Waals surface area contributed by atoms with Gasteiger partial charge in [-0.1, -0.05) is 23.7 Å². The van der Waals surface area contributed by atoms with Crippen molar-refractivity contribution in [3.05, 3.63) is 34.9 Å². The molecule has 0 unspecified atom stereocenters. The molecule has 0 radical (unpaired) electrons. The fourth-order valence-corrected chi connectivity index (χ4v) is 3.11. The molecule has 1 saturated heterocycles. The van der Waals surface area contributed by atoms with E-state index in [1.54, 1.807) is 18.8 Å². The van der Waals surface area contributed by atoms with Crippen LogP contribution in [0, 0.1) is 0 Å². The molecule has 1 atom stereocenters. The second-order valence-corrected chi connectivity index (χ2v) is 5.15. The van der Waals surface area contributed by atoms with Crippen molar-refractivity contribution in [3.8, 4) is 0 Å². The number of rotatable bonds is 1. The number of carbonyl (C=O) groups is 1. The zero-order valence-corrected chi connectivity index (χ0v) is 10.5. The van der Waals surface area contributed by atoms with Gasteiger partial charge in [-0.05, 0) is 17.7 Å². The molecule has 0 saturated carbocycles. The molecule has 1 N–H and O–H groups in total. The van der Waals surface area contributed by atoms with Gasteiger partial charge < -0.3 is 10.2 Å². The Balaban J connectivity index is 2.19. The number of thioether (sulfide) groups is 1. The van der Waals surface area contributed by atoms with Crippen molar-refractivity contribution in [1.29, 1.82) is 0 Å². The van der Waals surface area contributed by atoms with Crippen LogP contribution in [0.1, 0.15) is 10.9 Å². The van der Waals surface area contributed by atoms with Crippen LogP contribution in [0.25, 0.3) is 0 Å². The van der Waals surface area contributed by atoms with Crippen molar-refractivity contribution >= 4 is 29.4 Å². The molecule has 1 aromatic rings. The molecule has 3 nitrogen and oxygen atoms in total. The summed E-state index contributed by atoms with van der Waals surface area (Å²) in [6, 6.07) is 7.64. The van der Waals surface area contributed by atoms with Crippen molar-refractivity contribution in [3.63, 3.8) is 0 Å². The van der Waals surface area contributed by atoms with Crippen LogP contribution in [0.15, 0.2) is 24.3 Å². The molecule has 0 bridgehead atoms. The number of nitrogens with zero attached hydrogens (tertiary/aromatic N) is 1. The third-order valence-corrected chi connectivity index (χ3v) is 4.03. The maximum Gasteiger partial charge on any atom is 0.318 e. The van der Waals surface area contributed by atoms with Crippen LogP contribution >= 0.6 is 23.4 Å². The predicted molar refractivity (Wildman–Crippen MR) is 67.8 cm³/mol. The Morgan fingerprint density at radius 2 is 2.19 bits per heavy atom. The zero-order valence-electron chi connectivity index (χ0n) is 8.94. The maximum atomic E-state index is 11.6. The Bertz CT molecular complexity index is 382. The zero-order chi connectivity index (χ0) is 11.5. The van der Waals surface area contributed by atoms with Gasteiger partial charge in [0.1, 0.15) is 5.37 Å². The fraction of sp³-hybridized carbons (Fsp3) is 0.364. The Morgan fingerprint density at radius 1 is 1.50 bits per heavy atom. The Kier molecular flexibility index (Phi) is 3.61. The maximum absolute atomic E-state index is 11.6. The molecule has 0 aliphatic carbocycles. The summed E-state index contributed by atoms with van der Waals surface area (Å²) in [5, 5.41) is 3.49. The molecule has 5 heteroatoms. The lowest BCUT2D eigenvalue weighted by Gasteiger charge is -2.23. The molecule has 2 amide bonds. The Hall–Kier alpha value is -0.870. The molecule has 1 fully saturated rings. The summed E-state index contributed by atoms with van der Waals surface area (Å²) in [7, 11) is 1.66. The van der Waals surface area contributed by atoms with Crippen molar-refractivity contribution < 1.29 is 4.79 Å². The van der Waals surface area contributed by atoms with E-state index in [0.717, 1.165) is 22.9 Å². The minimum Gasteiger partial charge on any atom is -0.341 e. The highest BCUT2D eigenvalue weighted by Gasteiger charge is 2.29. The molecule has 1 aromatic carbocycles. The lowest BCUT2D eigenvalue weighted by atomic mass is 10.2. The van der Waals surface area contributed by atoms with Crippen LogP contribution in [0.4, 0.5) is 4.79 Å². The highest BCUT2D eigenvalue weighted by molar-refractivity contribution is 7.99. The second kappa shape index (κ2) is 4.97. The SMILES string of the molecule is CNC(=O)N1CCS[C@@H]1c1ccc(Cl)cc1. The minimum atomic E-state index is -0.0232. The average molecular weight is 257 g/mol. The van der Waals surface area contributed by atoms with E-state index in [1.165, 1.54) is 0 Å². The fourth-order valence-electron chi connectivity index (χ4n) is 1.73. The number of urea groups is 1. The summed E-state index contributed by atoms with van der Waals surface area (Å²) in [5.74, 6) is 0.973. The van der Waals surface area contributed by atoms with Gasteiger partial charge in [0.05, 0.1) is 0 Å². The van der Waals surface area contributed by atoms with Gasteiger partial charge in [0.15, 0.2) is 0 Å². The van der Waals surface area contributed by atoms with E-state index < -0.39 is 0 Å². The van der Waals surface area contributed by atoms with E-state index in [1.807, 2.05) is 29.2 Å². The van der Waals surface area contributed by atoms with Crippen LogP contribution in [-0.4, -0.2) is 30.3 Å². The molecule has 2 rings (SSSR count). The average Bonchev–Trinajstić information content (AvgIpc) is 2.78. The summed E-state index contributed by atoms with van der Waals surface area (Å²) in [4.78, 5) is 13.5. The van der Waals surface area contributed by atoms with Crippen LogP contribution < -0.4 is 5.32 Å². The van der Waals surface area contributed by atoms with E-state index in [4.69, 9.17) is 11.6 Å². The lowest BCUT2D eigenvalue weighted by Crippen LogP contribution is -2.37. The van der Waals surface area contributed by atoms with Crippen LogP contribution in [0.2, 0.25) is 5.02 Å². The first-order valence-electron chi connectivity index (χ1n) is 5.08. The monoisotopic (exact) mass is 256 g/mol. The topological polar surface area (TPSA) is 32.3 Å². The van der Waals surface area contributed by atoms with E-state index in [2.05, 4.69) is 5.32 Å². The Morgan fingerprint density at radius 3 is 2.81 bits per heavy atom. The first-order valence-corrected chi connectivity index (χ1v) is 6.50. The smallest absolute Gasteiger partial charge is 0.318 e. The summed E-state index contributed by atoms with van der Waals surface area (Å²) in [5.41, 5.74) is 1.12. The van der Waals surface area contributed by atoms with Gasteiger partial charge in [0, 0.05) is 24.4 Å². The summed E-state index contributed by atoms with van der Waals surface area (Å²) >= 11 is 7.62. The lowest BCUT2D eigenvalue weighted by molar-refractivity contribution is 0.202. The van der Waals surface area contributed by atoms with E-state index in [-0.39, 0.29) is 11.4 Å². The molecular formula is C11H13ClN2OS. The molecule has 0 spiro atoms. The molecular weight excluding hydrogens is 244 g/mol. The number of halogens is 1. The summed E-state index contributed by atoms with van der Waals surface area (Å²) in [6.45, 7) is 0.789. The third kappa shape index (κ3) is 2.28. The van der Waals surface area contributed by atoms with E-state index >= 15 is 0 Å². The number of amides is 2. The molecule has 0 aromatic heterocycles. The summed E-state index contributed by atoms with van der Waals surface area (Å²) < 4.78 is 0. The van der Waals surface area contributed by atoms with Crippen LogP contribution in [0.5, 0.6) is 0 Å². The molecule has 1 aliphatic rings. The van der Waals surface area contributed by atoms with Crippen LogP contribution in [0.3, 0.4) is 0 Å². The van der Waals surface area contributed by atoms with Crippen molar-refractivity contribution in [2.24, 2.45) is 0 Å². The van der Waals surface area contributed by atoms with Gasteiger partial charge in [-0.3, -0.25) is 0 Å². The first-order chi connectivity index (χ1) is 7.72.